The van der Waals surface area contributed by atoms with Crippen LogP contribution in [0.15, 0.2) is 34.9 Å². The van der Waals surface area contributed by atoms with Crippen molar-refractivity contribution in [2.24, 2.45) is 0 Å². The first-order valence-electron chi connectivity index (χ1n) is 11.4. The summed E-state index contributed by atoms with van der Waals surface area (Å²) in [6, 6.07) is 9.39. The molecule has 0 saturated carbocycles. The van der Waals surface area contributed by atoms with Crippen molar-refractivity contribution in [1.29, 1.82) is 0 Å². The standard InChI is InChI=1S/C24H27ClN6O2/c1-16-15-20(27-24(26-16)31-9-5-6-10-31)29-11-13-30(14-12-29)23(32)21-17(2)33-28-22(21)18-7-3-4-8-19(18)25/h3-4,7-8,15H,5-6,9-14H2,1-2H3. The molecule has 0 N–H and O–H groups in total. The first-order chi connectivity index (χ1) is 16.0. The number of carbonyl (C=O) groups excluding carboxylic acids is 1. The SMILES string of the molecule is Cc1cc(N2CCN(C(=O)c3c(-c4ccccc4Cl)noc3C)CC2)nc(N2CCCC2)n1. The van der Waals surface area contributed by atoms with Gasteiger partial charge in [0.05, 0.1) is 5.02 Å². The van der Waals surface area contributed by atoms with Gasteiger partial charge in [0, 0.05) is 56.6 Å². The van der Waals surface area contributed by atoms with Crippen molar-refractivity contribution in [3.05, 3.63) is 52.4 Å². The van der Waals surface area contributed by atoms with Crippen LogP contribution in [-0.4, -0.2) is 65.2 Å². The number of rotatable bonds is 4. The maximum Gasteiger partial charge on any atom is 0.259 e. The van der Waals surface area contributed by atoms with E-state index in [0.29, 0.717) is 53.8 Å². The molecular formula is C24H27ClN6O2. The predicted molar refractivity (Wildman–Crippen MR) is 128 cm³/mol. The summed E-state index contributed by atoms with van der Waals surface area (Å²) in [7, 11) is 0. The Kier molecular flexibility index (Phi) is 5.93. The van der Waals surface area contributed by atoms with Crippen molar-refractivity contribution >= 4 is 29.3 Å². The summed E-state index contributed by atoms with van der Waals surface area (Å²) in [5.74, 6) is 2.15. The first kappa shape index (κ1) is 21.7. The minimum absolute atomic E-state index is 0.0834. The maximum absolute atomic E-state index is 13.4. The van der Waals surface area contributed by atoms with E-state index < -0.39 is 0 Å². The molecule has 3 aromatic rings. The van der Waals surface area contributed by atoms with Gasteiger partial charge in [-0.15, -0.1) is 0 Å². The van der Waals surface area contributed by atoms with Crippen molar-refractivity contribution in [3.63, 3.8) is 0 Å². The zero-order valence-electron chi connectivity index (χ0n) is 18.9. The Balaban J connectivity index is 1.32. The van der Waals surface area contributed by atoms with E-state index in [0.717, 1.165) is 30.5 Å². The molecule has 0 bridgehead atoms. The van der Waals surface area contributed by atoms with Gasteiger partial charge >= 0.3 is 0 Å². The number of halogens is 1. The van der Waals surface area contributed by atoms with E-state index >= 15 is 0 Å². The predicted octanol–water partition coefficient (Wildman–Crippen LogP) is 3.96. The number of aromatic nitrogens is 3. The Morgan fingerprint density at radius 1 is 0.970 bits per heavy atom. The van der Waals surface area contributed by atoms with Crippen molar-refractivity contribution in [2.75, 3.05) is 49.1 Å². The molecule has 33 heavy (non-hydrogen) atoms. The molecule has 0 aliphatic carbocycles. The van der Waals surface area contributed by atoms with Crippen LogP contribution in [0.3, 0.4) is 0 Å². The average Bonchev–Trinajstić information content (AvgIpc) is 3.49. The van der Waals surface area contributed by atoms with Gasteiger partial charge in [0.2, 0.25) is 5.95 Å². The lowest BCUT2D eigenvalue weighted by Gasteiger charge is -2.35. The minimum atomic E-state index is -0.0834. The molecule has 1 amide bonds. The molecule has 2 saturated heterocycles. The van der Waals surface area contributed by atoms with Gasteiger partial charge in [0.1, 0.15) is 22.8 Å². The van der Waals surface area contributed by atoms with E-state index in [-0.39, 0.29) is 5.91 Å². The molecule has 4 heterocycles. The van der Waals surface area contributed by atoms with Gasteiger partial charge in [-0.2, -0.15) is 4.98 Å². The van der Waals surface area contributed by atoms with Crippen molar-refractivity contribution in [1.82, 2.24) is 20.0 Å². The quantitative estimate of drug-likeness (QED) is 0.575. The monoisotopic (exact) mass is 466 g/mol. The molecule has 0 spiro atoms. The molecule has 172 valence electrons. The molecule has 0 unspecified atom stereocenters. The van der Waals surface area contributed by atoms with Crippen LogP contribution in [0.25, 0.3) is 11.3 Å². The van der Waals surface area contributed by atoms with Gasteiger partial charge in [-0.3, -0.25) is 4.79 Å². The number of hydrogen-bond donors (Lipinski definition) is 0. The molecule has 2 aromatic heterocycles. The summed E-state index contributed by atoms with van der Waals surface area (Å²) in [5.41, 5.74) is 2.63. The lowest BCUT2D eigenvalue weighted by atomic mass is 10.0. The van der Waals surface area contributed by atoms with Crippen molar-refractivity contribution in [2.45, 2.75) is 26.7 Å². The average molecular weight is 467 g/mol. The van der Waals surface area contributed by atoms with Gasteiger partial charge in [-0.25, -0.2) is 4.98 Å². The number of hydrogen-bond acceptors (Lipinski definition) is 7. The fourth-order valence-corrected chi connectivity index (χ4v) is 4.74. The van der Waals surface area contributed by atoms with Gasteiger partial charge in [-0.05, 0) is 32.8 Å². The zero-order valence-corrected chi connectivity index (χ0v) is 19.7. The van der Waals surface area contributed by atoms with Crippen LogP contribution in [0, 0.1) is 13.8 Å². The fourth-order valence-electron chi connectivity index (χ4n) is 4.51. The normalized spacial score (nSPS) is 16.5. The summed E-state index contributed by atoms with van der Waals surface area (Å²) in [5, 5.41) is 4.68. The van der Waals surface area contributed by atoms with E-state index in [2.05, 4.69) is 19.9 Å². The number of carbonyl (C=O) groups is 1. The Morgan fingerprint density at radius 3 is 2.42 bits per heavy atom. The van der Waals surface area contributed by atoms with Crippen molar-refractivity contribution < 1.29 is 9.32 Å². The molecule has 2 fully saturated rings. The van der Waals surface area contributed by atoms with E-state index in [9.17, 15) is 4.79 Å². The molecular weight excluding hydrogens is 440 g/mol. The summed E-state index contributed by atoms with van der Waals surface area (Å²) in [6.45, 7) is 8.38. The van der Waals surface area contributed by atoms with Crippen LogP contribution >= 0.6 is 11.6 Å². The van der Waals surface area contributed by atoms with E-state index in [1.807, 2.05) is 36.1 Å². The van der Waals surface area contributed by atoms with Crippen LogP contribution in [-0.2, 0) is 0 Å². The van der Waals surface area contributed by atoms with E-state index in [4.69, 9.17) is 21.1 Å². The largest absolute Gasteiger partial charge is 0.360 e. The smallest absolute Gasteiger partial charge is 0.259 e. The number of aryl methyl sites for hydroxylation is 2. The highest BCUT2D eigenvalue weighted by molar-refractivity contribution is 6.33. The van der Waals surface area contributed by atoms with Crippen LogP contribution in [0.4, 0.5) is 11.8 Å². The second-order valence-corrected chi connectivity index (χ2v) is 8.99. The number of benzene rings is 1. The Hall–Kier alpha value is -3.13. The number of amides is 1. The van der Waals surface area contributed by atoms with Crippen molar-refractivity contribution in [3.8, 4) is 11.3 Å². The second-order valence-electron chi connectivity index (χ2n) is 8.58. The highest BCUT2D eigenvalue weighted by Crippen LogP contribution is 2.32. The number of nitrogens with zero attached hydrogens (tertiary/aromatic N) is 6. The number of piperazine rings is 1. The molecule has 2 aliphatic heterocycles. The molecule has 5 rings (SSSR count). The minimum Gasteiger partial charge on any atom is -0.360 e. The Morgan fingerprint density at radius 2 is 1.70 bits per heavy atom. The molecule has 0 atom stereocenters. The van der Waals surface area contributed by atoms with Gasteiger partial charge in [0.25, 0.3) is 5.91 Å². The van der Waals surface area contributed by atoms with Gasteiger partial charge in [-0.1, -0.05) is 35.0 Å². The lowest BCUT2D eigenvalue weighted by molar-refractivity contribution is 0.0745. The van der Waals surface area contributed by atoms with Crippen LogP contribution in [0.2, 0.25) is 5.02 Å². The summed E-state index contributed by atoms with van der Waals surface area (Å²) in [4.78, 5) is 29.3. The zero-order chi connectivity index (χ0) is 22.9. The maximum atomic E-state index is 13.4. The summed E-state index contributed by atoms with van der Waals surface area (Å²) >= 11 is 6.36. The highest BCUT2D eigenvalue weighted by Gasteiger charge is 2.30. The third kappa shape index (κ3) is 4.27. The third-order valence-electron chi connectivity index (χ3n) is 6.31. The van der Waals surface area contributed by atoms with Gasteiger partial charge < -0.3 is 19.2 Å². The number of anilines is 2. The molecule has 9 heteroatoms. The first-order valence-corrected chi connectivity index (χ1v) is 11.7. The van der Waals surface area contributed by atoms with E-state index in [1.165, 1.54) is 12.8 Å². The summed E-state index contributed by atoms with van der Waals surface area (Å²) < 4.78 is 5.39. The Labute approximate surface area is 198 Å². The topological polar surface area (TPSA) is 78.6 Å². The molecule has 1 aromatic carbocycles. The lowest BCUT2D eigenvalue weighted by Crippen LogP contribution is -2.49. The highest BCUT2D eigenvalue weighted by atomic mass is 35.5. The van der Waals surface area contributed by atoms with Crippen LogP contribution < -0.4 is 9.80 Å². The van der Waals surface area contributed by atoms with Crippen LogP contribution in [0.1, 0.15) is 34.7 Å². The van der Waals surface area contributed by atoms with Gasteiger partial charge in [0.15, 0.2) is 0 Å². The molecule has 2 aliphatic rings. The third-order valence-corrected chi connectivity index (χ3v) is 6.64. The fraction of sp³-hybridized carbons (Fsp3) is 0.417. The molecule has 0 radical (unpaired) electrons. The van der Waals surface area contributed by atoms with E-state index in [1.54, 1.807) is 13.0 Å². The summed E-state index contributed by atoms with van der Waals surface area (Å²) in [6.07, 6.45) is 2.37. The second kappa shape index (κ2) is 9.02. The molecule has 8 nitrogen and oxygen atoms in total. The van der Waals surface area contributed by atoms with Crippen LogP contribution in [0.5, 0.6) is 0 Å². The Bertz CT molecular complexity index is 1170.